The normalized spacial score (nSPS) is 22.4. The highest BCUT2D eigenvalue weighted by molar-refractivity contribution is 5.48. The van der Waals surface area contributed by atoms with Gasteiger partial charge in [0, 0.05) is 0 Å². The van der Waals surface area contributed by atoms with E-state index in [0.717, 1.165) is 22.3 Å². The average Bonchev–Trinajstić information content (AvgIpc) is 3.05. The minimum Gasteiger partial charge on any atom is -0.385 e. The molecule has 0 saturated carbocycles. The molecule has 1 aliphatic rings. The van der Waals surface area contributed by atoms with Gasteiger partial charge in [0.2, 0.25) is 0 Å². The van der Waals surface area contributed by atoms with Crippen molar-refractivity contribution in [2.75, 3.05) is 13.2 Å². The van der Waals surface area contributed by atoms with Crippen molar-refractivity contribution < 1.29 is 28.8 Å². The predicted molar refractivity (Wildman–Crippen MR) is 162 cm³/mol. The monoisotopic (exact) mass is 566 g/mol. The Morgan fingerprint density at radius 1 is 0.595 bits per heavy atom. The summed E-state index contributed by atoms with van der Waals surface area (Å²) in [6, 6.07) is 39.8. The van der Waals surface area contributed by atoms with Crippen LogP contribution in [0.15, 0.2) is 127 Å². The Morgan fingerprint density at radius 3 is 1.67 bits per heavy atom. The predicted octanol–water partition coefficient (Wildman–Crippen LogP) is 6.19. The van der Waals surface area contributed by atoms with E-state index in [0.29, 0.717) is 19.8 Å². The summed E-state index contributed by atoms with van der Waals surface area (Å²) in [5, 5.41) is 11.5. The van der Waals surface area contributed by atoms with Crippen LogP contribution in [0.25, 0.3) is 6.08 Å². The summed E-state index contributed by atoms with van der Waals surface area (Å²) in [6.07, 6.45) is 0.0351. The van der Waals surface area contributed by atoms with E-state index in [1.165, 1.54) is 0 Å². The van der Waals surface area contributed by atoms with Gasteiger partial charge in [-0.25, -0.2) is 0 Å². The summed E-state index contributed by atoms with van der Waals surface area (Å²) in [5.41, 5.74) is 4.14. The maximum Gasteiger partial charge on any atom is 0.187 e. The van der Waals surface area contributed by atoms with E-state index >= 15 is 0 Å². The van der Waals surface area contributed by atoms with Crippen LogP contribution >= 0.6 is 0 Å². The summed E-state index contributed by atoms with van der Waals surface area (Å²) in [7, 11) is 0. The van der Waals surface area contributed by atoms with Crippen LogP contribution in [0, 0.1) is 0 Å². The molecule has 1 heterocycles. The molecule has 0 spiro atoms. The van der Waals surface area contributed by atoms with E-state index in [2.05, 4.69) is 0 Å². The van der Waals surface area contributed by atoms with E-state index in [1.807, 2.05) is 133 Å². The maximum atomic E-state index is 11.5. The van der Waals surface area contributed by atoms with Crippen molar-refractivity contribution >= 4 is 6.08 Å². The minimum atomic E-state index is -1.08. The fraction of sp³-hybridized carbons (Fsp3) is 0.278. The van der Waals surface area contributed by atoms with Gasteiger partial charge in [0.25, 0.3) is 0 Å². The number of aliphatic hydroxyl groups excluding tert-OH is 1. The van der Waals surface area contributed by atoms with Gasteiger partial charge in [-0.05, 0) is 22.3 Å². The third-order valence-corrected chi connectivity index (χ3v) is 7.05. The minimum absolute atomic E-state index is 0.242. The van der Waals surface area contributed by atoms with Crippen LogP contribution in [0.1, 0.15) is 22.3 Å². The van der Waals surface area contributed by atoms with Crippen LogP contribution in [0.5, 0.6) is 0 Å². The second-order valence-electron chi connectivity index (χ2n) is 10.2. The molecule has 0 aromatic heterocycles. The molecular weight excluding hydrogens is 528 g/mol. The van der Waals surface area contributed by atoms with Crippen molar-refractivity contribution in [2.45, 2.75) is 50.5 Å². The molecule has 4 aromatic carbocycles. The molecule has 5 atom stereocenters. The number of aliphatic hydroxyl groups is 1. The molecule has 6 nitrogen and oxygen atoms in total. The van der Waals surface area contributed by atoms with Crippen LogP contribution in [0.2, 0.25) is 0 Å². The molecule has 5 rings (SSSR count). The Labute approximate surface area is 248 Å². The zero-order chi connectivity index (χ0) is 28.8. The van der Waals surface area contributed by atoms with Gasteiger partial charge in [0.15, 0.2) is 6.29 Å². The summed E-state index contributed by atoms with van der Waals surface area (Å²) in [5.74, 6) is 0. The van der Waals surface area contributed by atoms with E-state index < -0.39 is 30.7 Å². The summed E-state index contributed by atoms with van der Waals surface area (Å²) in [4.78, 5) is 0. The summed E-state index contributed by atoms with van der Waals surface area (Å²) < 4.78 is 31.3. The highest BCUT2D eigenvalue weighted by Gasteiger charge is 2.47. The highest BCUT2D eigenvalue weighted by Crippen LogP contribution is 2.29. The molecule has 4 aromatic rings. The van der Waals surface area contributed by atoms with E-state index in [9.17, 15) is 5.11 Å². The quantitative estimate of drug-likeness (QED) is 0.196. The zero-order valence-corrected chi connectivity index (χ0v) is 23.6. The number of hydrogen-bond acceptors (Lipinski definition) is 6. The lowest BCUT2D eigenvalue weighted by Crippen LogP contribution is -2.61. The van der Waals surface area contributed by atoms with Crippen LogP contribution in [-0.4, -0.2) is 49.0 Å². The molecule has 0 unspecified atom stereocenters. The second kappa shape index (κ2) is 16.1. The van der Waals surface area contributed by atoms with Crippen molar-refractivity contribution in [3.05, 3.63) is 150 Å². The molecule has 1 N–H and O–H groups in total. The SMILES string of the molecule is O[C@H]1[C@H](OC/C=C/c2ccccc2)O[C@H](COCc2ccccc2)[C@@H](OCc2ccccc2)[C@@H]1OCc1ccccc1. The number of hydrogen-bond donors (Lipinski definition) is 1. The molecule has 1 saturated heterocycles. The fourth-order valence-corrected chi connectivity index (χ4v) is 4.86. The maximum absolute atomic E-state index is 11.5. The molecule has 0 bridgehead atoms. The van der Waals surface area contributed by atoms with Crippen molar-refractivity contribution in [2.24, 2.45) is 0 Å². The fourth-order valence-electron chi connectivity index (χ4n) is 4.86. The Hall–Kier alpha value is -3.62. The first kappa shape index (κ1) is 29.9. The van der Waals surface area contributed by atoms with E-state index in [4.69, 9.17) is 23.7 Å². The lowest BCUT2D eigenvalue weighted by Gasteiger charge is -2.44. The third kappa shape index (κ3) is 8.94. The summed E-state index contributed by atoms with van der Waals surface area (Å²) in [6.45, 7) is 1.58. The van der Waals surface area contributed by atoms with Crippen molar-refractivity contribution in [3.8, 4) is 0 Å². The largest absolute Gasteiger partial charge is 0.385 e. The highest BCUT2D eigenvalue weighted by atomic mass is 16.7. The van der Waals surface area contributed by atoms with Crippen molar-refractivity contribution in [3.63, 3.8) is 0 Å². The Bertz CT molecular complexity index is 1320. The molecule has 1 fully saturated rings. The van der Waals surface area contributed by atoms with Crippen LogP contribution in [0.3, 0.4) is 0 Å². The topological polar surface area (TPSA) is 66.4 Å². The molecule has 0 amide bonds. The molecular formula is C36H38O6. The van der Waals surface area contributed by atoms with Gasteiger partial charge < -0.3 is 28.8 Å². The molecule has 0 aliphatic carbocycles. The van der Waals surface area contributed by atoms with Crippen LogP contribution in [0.4, 0.5) is 0 Å². The Balaban J connectivity index is 1.32. The number of ether oxygens (including phenoxy) is 5. The van der Waals surface area contributed by atoms with Gasteiger partial charge in [-0.15, -0.1) is 0 Å². The smallest absolute Gasteiger partial charge is 0.187 e. The lowest BCUT2D eigenvalue weighted by molar-refractivity contribution is -0.316. The Morgan fingerprint density at radius 2 is 1.10 bits per heavy atom. The summed E-state index contributed by atoms with van der Waals surface area (Å²) >= 11 is 0. The van der Waals surface area contributed by atoms with Crippen molar-refractivity contribution in [1.82, 2.24) is 0 Å². The zero-order valence-electron chi connectivity index (χ0n) is 23.6. The van der Waals surface area contributed by atoms with E-state index in [-0.39, 0.29) is 13.2 Å². The van der Waals surface area contributed by atoms with Gasteiger partial charge in [-0.1, -0.05) is 133 Å². The molecule has 6 heteroatoms. The van der Waals surface area contributed by atoms with Crippen molar-refractivity contribution in [1.29, 1.82) is 0 Å². The first-order valence-corrected chi connectivity index (χ1v) is 14.4. The molecule has 218 valence electrons. The van der Waals surface area contributed by atoms with Gasteiger partial charge in [-0.3, -0.25) is 0 Å². The van der Waals surface area contributed by atoms with Gasteiger partial charge in [-0.2, -0.15) is 0 Å². The second-order valence-corrected chi connectivity index (χ2v) is 10.2. The third-order valence-electron chi connectivity index (χ3n) is 7.05. The van der Waals surface area contributed by atoms with Crippen LogP contribution < -0.4 is 0 Å². The van der Waals surface area contributed by atoms with Gasteiger partial charge in [0.05, 0.1) is 33.0 Å². The van der Waals surface area contributed by atoms with Gasteiger partial charge in [0.1, 0.15) is 24.4 Å². The molecule has 0 radical (unpaired) electrons. The number of benzene rings is 4. The first-order valence-electron chi connectivity index (χ1n) is 14.4. The molecule has 1 aliphatic heterocycles. The average molecular weight is 567 g/mol. The lowest BCUT2D eigenvalue weighted by atomic mass is 9.98. The van der Waals surface area contributed by atoms with Crippen LogP contribution in [-0.2, 0) is 43.5 Å². The Kier molecular flexibility index (Phi) is 11.5. The number of rotatable bonds is 14. The first-order chi connectivity index (χ1) is 20.8. The standard InChI is InChI=1S/C36H38O6/c37-33-35(41-26-31-20-11-4-12-21-31)34(40-25-30-18-9-3-10-19-30)32(27-38-24-29-16-7-2-8-17-29)42-36(33)39-23-13-22-28-14-5-1-6-15-28/h1-22,32-37H,23-27H2/b22-13+/t32-,33-,34-,35-,36-/m1/s1. The van der Waals surface area contributed by atoms with E-state index in [1.54, 1.807) is 0 Å². The molecule has 42 heavy (non-hydrogen) atoms. The van der Waals surface area contributed by atoms with Gasteiger partial charge >= 0.3 is 0 Å².